The van der Waals surface area contributed by atoms with Crippen molar-refractivity contribution in [1.29, 1.82) is 0 Å². The number of carbonyl (C=O) groups is 1. The summed E-state index contributed by atoms with van der Waals surface area (Å²) in [6.45, 7) is 5.54. The Labute approximate surface area is 112 Å². The molecule has 0 fully saturated rings. The minimum atomic E-state index is -0.585. The van der Waals surface area contributed by atoms with Gasteiger partial charge in [-0.15, -0.1) is 0 Å². The summed E-state index contributed by atoms with van der Waals surface area (Å²) in [5, 5.41) is 2.64. The number of ether oxygens (including phenoxy) is 2. The monoisotopic (exact) mass is 270 g/mol. The zero-order chi connectivity index (χ0) is 14.5. The van der Waals surface area contributed by atoms with Gasteiger partial charge >= 0.3 is 6.09 Å². The maximum atomic E-state index is 12.8. The van der Waals surface area contributed by atoms with E-state index in [1.54, 1.807) is 20.8 Å². The SMILES string of the molecule is COC[C@@H](NC(=O)OC(C)(C)C)c1ccc(F)cn1. The fraction of sp³-hybridized carbons (Fsp3) is 0.538. The molecule has 106 valence electrons. The lowest BCUT2D eigenvalue weighted by Crippen LogP contribution is -2.36. The molecule has 0 spiro atoms. The number of carbonyl (C=O) groups excluding carboxylic acids is 1. The molecule has 19 heavy (non-hydrogen) atoms. The predicted molar refractivity (Wildman–Crippen MR) is 68.2 cm³/mol. The second-order valence-corrected chi connectivity index (χ2v) is 5.06. The molecule has 0 aliphatic carbocycles. The first kappa shape index (κ1) is 15.4. The Morgan fingerprint density at radius 3 is 2.63 bits per heavy atom. The Morgan fingerprint density at radius 1 is 1.47 bits per heavy atom. The molecule has 6 heteroatoms. The van der Waals surface area contributed by atoms with Crippen LogP contribution in [0.3, 0.4) is 0 Å². The van der Waals surface area contributed by atoms with Gasteiger partial charge in [0, 0.05) is 7.11 Å². The second kappa shape index (κ2) is 6.47. The Kier molecular flexibility index (Phi) is 5.23. The molecule has 5 nitrogen and oxygen atoms in total. The molecule has 1 amide bonds. The molecule has 0 saturated carbocycles. The van der Waals surface area contributed by atoms with Gasteiger partial charge in [-0.05, 0) is 32.9 Å². The summed E-state index contributed by atoms with van der Waals surface area (Å²) in [4.78, 5) is 15.6. The summed E-state index contributed by atoms with van der Waals surface area (Å²) < 4.78 is 23.0. The van der Waals surface area contributed by atoms with Crippen molar-refractivity contribution in [3.8, 4) is 0 Å². The molecule has 0 aliphatic heterocycles. The van der Waals surface area contributed by atoms with Gasteiger partial charge in [-0.3, -0.25) is 4.98 Å². The minimum Gasteiger partial charge on any atom is -0.444 e. The second-order valence-electron chi connectivity index (χ2n) is 5.06. The third kappa shape index (κ3) is 5.65. The summed E-state index contributed by atoms with van der Waals surface area (Å²) in [7, 11) is 1.51. The van der Waals surface area contributed by atoms with Gasteiger partial charge in [0.15, 0.2) is 0 Å². The zero-order valence-electron chi connectivity index (χ0n) is 11.6. The Morgan fingerprint density at radius 2 is 2.16 bits per heavy atom. The van der Waals surface area contributed by atoms with Crippen LogP contribution in [0.4, 0.5) is 9.18 Å². The lowest BCUT2D eigenvalue weighted by atomic mass is 10.2. The van der Waals surface area contributed by atoms with Gasteiger partial charge in [-0.2, -0.15) is 0 Å². The topological polar surface area (TPSA) is 60.5 Å². The average Bonchev–Trinajstić information content (AvgIpc) is 2.27. The third-order valence-electron chi connectivity index (χ3n) is 2.13. The number of halogens is 1. The van der Waals surface area contributed by atoms with E-state index in [2.05, 4.69) is 10.3 Å². The molecule has 1 atom stereocenters. The van der Waals surface area contributed by atoms with Gasteiger partial charge in [-0.25, -0.2) is 9.18 Å². The number of amides is 1. The number of nitrogens with zero attached hydrogens (tertiary/aromatic N) is 1. The van der Waals surface area contributed by atoms with Crippen LogP contribution >= 0.6 is 0 Å². The number of rotatable bonds is 4. The van der Waals surface area contributed by atoms with Gasteiger partial charge < -0.3 is 14.8 Å². The molecule has 0 unspecified atom stereocenters. The van der Waals surface area contributed by atoms with Crippen molar-refractivity contribution in [2.24, 2.45) is 0 Å². The Bertz CT molecular complexity index is 415. The highest BCUT2D eigenvalue weighted by molar-refractivity contribution is 5.68. The lowest BCUT2D eigenvalue weighted by Gasteiger charge is -2.23. The molecule has 0 radical (unpaired) electrons. The van der Waals surface area contributed by atoms with E-state index >= 15 is 0 Å². The quantitative estimate of drug-likeness (QED) is 0.912. The molecule has 1 aromatic heterocycles. The summed E-state index contributed by atoms with van der Waals surface area (Å²) >= 11 is 0. The maximum absolute atomic E-state index is 12.8. The van der Waals surface area contributed by atoms with Crippen molar-refractivity contribution in [2.45, 2.75) is 32.4 Å². The average molecular weight is 270 g/mol. The molecule has 1 aromatic rings. The fourth-order valence-electron chi connectivity index (χ4n) is 1.41. The van der Waals surface area contributed by atoms with E-state index in [0.717, 1.165) is 6.20 Å². The van der Waals surface area contributed by atoms with E-state index in [1.807, 2.05) is 0 Å². The summed E-state index contributed by atoms with van der Waals surface area (Å²) in [6.07, 6.45) is 0.523. The first-order valence-corrected chi connectivity index (χ1v) is 5.92. The number of hydrogen-bond acceptors (Lipinski definition) is 4. The third-order valence-corrected chi connectivity index (χ3v) is 2.13. The molecule has 0 bridgehead atoms. The van der Waals surface area contributed by atoms with E-state index in [-0.39, 0.29) is 6.61 Å². The van der Waals surface area contributed by atoms with Crippen LogP contribution in [-0.4, -0.2) is 30.4 Å². The van der Waals surface area contributed by atoms with Crippen LogP contribution in [0.2, 0.25) is 0 Å². The first-order valence-electron chi connectivity index (χ1n) is 5.92. The molecule has 0 aromatic carbocycles. The van der Waals surface area contributed by atoms with Crippen molar-refractivity contribution < 1.29 is 18.7 Å². The number of pyridine rings is 1. The molecular formula is C13H19FN2O3. The number of alkyl carbamates (subject to hydrolysis) is 1. The van der Waals surface area contributed by atoms with Crippen molar-refractivity contribution >= 4 is 6.09 Å². The summed E-state index contributed by atoms with van der Waals surface area (Å²) in [6, 6.07) is 2.29. The minimum absolute atomic E-state index is 0.220. The molecular weight excluding hydrogens is 251 g/mol. The number of nitrogens with one attached hydrogen (secondary N) is 1. The van der Waals surface area contributed by atoms with Crippen LogP contribution in [0.25, 0.3) is 0 Å². The van der Waals surface area contributed by atoms with Gasteiger partial charge in [0.05, 0.1) is 24.5 Å². The standard InChI is InChI=1S/C13H19FN2O3/c1-13(2,3)19-12(17)16-11(8-18-4)10-6-5-9(14)7-15-10/h5-7,11H,8H2,1-4H3,(H,16,17)/t11-/m1/s1. The molecule has 1 rings (SSSR count). The van der Waals surface area contributed by atoms with Gasteiger partial charge in [-0.1, -0.05) is 0 Å². The molecule has 1 heterocycles. The van der Waals surface area contributed by atoms with Crippen LogP contribution in [0.1, 0.15) is 32.5 Å². The highest BCUT2D eigenvalue weighted by atomic mass is 19.1. The van der Waals surface area contributed by atoms with E-state index < -0.39 is 23.6 Å². The number of methoxy groups -OCH3 is 1. The molecule has 1 N–H and O–H groups in total. The van der Waals surface area contributed by atoms with Gasteiger partial charge in [0.1, 0.15) is 11.4 Å². The fourth-order valence-corrected chi connectivity index (χ4v) is 1.41. The van der Waals surface area contributed by atoms with Crippen molar-refractivity contribution in [3.63, 3.8) is 0 Å². The van der Waals surface area contributed by atoms with E-state index in [1.165, 1.54) is 19.2 Å². The normalized spacial score (nSPS) is 12.9. The van der Waals surface area contributed by atoms with Crippen molar-refractivity contribution in [2.75, 3.05) is 13.7 Å². The Hall–Kier alpha value is -1.69. The predicted octanol–water partition coefficient (Wildman–Crippen LogP) is 2.43. The zero-order valence-corrected chi connectivity index (χ0v) is 11.6. The van der Waals surface area contributed by atoms with E-state index in [0.29, 0.717) is 5.69 Å². The lowest BCUT2D eigenvalue weighted by molar-refractivity contribution is 0.0466. The first-order chi connectivity index (χ1) is 8.81. The van der Waals surface area contributed by atoms with E-state index in [4.69, 9.17) is 9.47 Å². The van der Waals surface area contributed by atoms with Crippen LogP contribution in [0, 0.1) is 5.82 Å². The van der Waals surface area contributed by atoms with E-state index in [9.17, 15) is 9.18 Å². The van der Waals surface area contributed by atoms with Crippen LogP contribution in [0.15, 0.2) is 18.3 Å². The highest BCUT2D eigenvalue weighted by Gasteiger charge is 2.21. The molecule has 0 saturated heterocycles. The Balaban J connectivity index is 2.73. The van der Waals surface area contributed by atoms with Crippen LogP contribution in [0.5, 0.6) is 0 Å². The molecule has 0 aliphatic rings. The van der Waals surface area contributed by atoms with Crippen LogP contribution < -0.4 is 5.32 Å². The van der Waals surface area contributed by atoms with Crippen molar-refractivity contribution in [3.05, 3.63) is 29.8 Å². The smallest absolute Gasteiger partial charge is 0.408 e. The van der Waals surface area contributed by atoms with Gasteiger partial charge in [0.25, 0.3) is 0 Å². The maximum Gasteiger partial charge on any atom is 0.408 e. The largest absolute Gasteiger partial charge is 0.444 e. The summed E-state index contributed by atoms with van der Waals surface area (Å²) in [5.74, 6) is -0.433. The van der Waals surface area contributed by atoms with Crippen molar-refractivity contribution in [1.82, 2.24) is 10.3 Å². The number of aromatic nitrogens is 1. The summed E-state index contributed by atoms with van der Waals surface area (Å²) in [5.41, 5.74) is -0.0770. The number of hydrogen-bond donors (Lipinski definition) is 1. The van der Waals surface area contributed by atoms with Crippen LogP contribution in [-0.2, 0) is 9.47 Å². The van der Waals surface area contributed by atoms with Gasteiger partial charge in [0.2, 0.25) is 0 Å². The highest BCUT2D eigenvalue weighted by Crippen LogP contribution is 2.13.